The van der Waals surface area contributed by atoms with Gasteiger partial charge in [-0.05, 0) is 74.8 Å². The van der Waals surface area contributed by atoms with Gasteiger partial charge in [-0.15, -0.1) is 0 Å². The molecule has 4 aromatic rings. The first-order valence-corrected chi connectivity index (χ1v) is 10.7. The van der Waals surface area contributed by atoms with Crippen LogP contribution in [0.1, 0.15) is 0 Å². The highest BCUT2D eigenvalue weighted by Crippen LogP contribution is 2.29. The van der Waals surface area contributed by atoms with Crippen LogP contribution in [0.4, 0.5) is 16.2 Å². The van der Waals surface area contributed by atoms with Crippen molar-refractivity contribution in [3.05, 3.63) is 84.0 Å². The number of hydrogen-bond acceptors (Lipinski definition) is 3. The number of rotatable bonds is 7. The van der Waals surface area contributed by atoms with Gasteiger partial charge in [-0.2, -0.15) is 0 Å². The van der Waals surface area contributed by atoms with E-state index in [1.165, 1.54) is 0 Å². The minimum atomic E-state index is -0.309. The van der Waals surface area contributed by atoms with Crippen molar-refractivity contribution in [2.45, 2.75) is 6.54 Å². The van der Waals surface area contributed by atoms with Crippen LogP contribution in [0, 0.1) is 0 Å². The van der Waals surface area contributed by atoms with Crippen LogP contribution in [0.25, 0.3) is 10.9 Å². The zero-order chi connectivity index (χ0) is 22.5. The summed E-state index contributed by atoms with van der Waals surface area (Å²) in [5.41, 5.74) is 2.54. The molecule has 0 aliphatic rings. The number of anilines is 2. The van der Waals surface area contributed by atoms with E-state index in [-0.39, 0.29) is 6.03 Å². The Labute approximate surface area is 192 Å². The molecule has 7 heteroatoms. The highest BCUT2D eigenvalue weighted by atomic mass is 35.5. The first-order valence-electron chi connectivity index (χ1n) is 10.3. The number of halogens is 1. The maximum absolute atomic E-state index is 12.4. The Bertz CT molecular complexity index is 1220. The quantitative estimate of drug-likeness (QED) is 0.349. The number of amides is 2. The third-order valence-electron chi connectivity index (χ3n) is 4.99. The van der Waals surface area contributed by atoms with Crippen LogP contribution < -0.4 is 15.4 Å². The van der Waals surface area contributed by atoms with Crippen LogP contribution in [0.2, 0.25) is 5.02 Å². The summed E-state index contributed by atoms with van der Waals surface area (Å²) in [7, 11) is 4.12. The lowest BCUT2D eigenvalue weighted by Crippen LogP contribution is -2.19. The molecule has 164 valence electrons. The number of fused-ring (bicyclic) bond motifs is 1. The molecule has 2 amide bonds. The summed E-state index contributed by atoms with van der Waals surface area (Å²) in [6, 6.07) is 22.1. The standard InChI is InChI=1S/C25H25ClN4O2/c1-29(2)15-16-30-14-13-18-17-20(9-12-23(18)30)28-25(31)27-19-7-10-21(11-8-19)32-24-6-4-3-5-22(24)26/h3-14,17H,15-16H2,1-2H3,(H2,27,28,31). The first-order chi connectivity index (χ1) is 15.5. The van der Waals surface area contributed by atoms with Gasteiger partial charge in [0.2, 0.25) is 0 Å². The van der Waals surface area contributed by atoms with E-state index in [1.807, 2.05) is 30.3 Å². The van der Waals surface area contributed by atoms with E-state index >= 15 is 0 Å². The first kappa shape index (κ1) is 21.7. The van der Waals surface area contributed by atoms with Crippen molar-refractivity contribution < 1.29 is 9.53 Å². The van der Waals surface area contributed by atoms with Gasteiger partial charge in [-0.3, -0.25) is 0 Å². The summed E-state index contributed by atoms with van der Waals surface area (Å²) in [5.74, 6) is 1.21. The number of para-hydroxylation sites is 1. The highest BCUT2D eigenvalue weighted by molar-refractivity contribution is 6.32. The van der Waals surface area contributed by atoms with E-state index in [0.717, 1.165) is 29.7 Å². The Morgan fingerprint density at radius 1 is 0.969 bits per heavy atom. The van der Waals surface area contributed by atoms with Gasteiger partial charge in [0.1, 0.15) is 11.5 Å². The van der Waals surface area contributed by atoms with Crippen molar-refractivity contribution in [1.82, 2.24) is 9.47 Å². The molecule has 0 spiro atoms. The third-order valence-corrected chi connectivity index (χ3v) is 5.31. The number of urea groups is 1. The SMILES string of the molecule is CN(C)CCn1ccc2cc(NC(=O)Nc3ccc(Oc4ccccc4Cl)cc3)ccc21. The summed E-state index contributed by atoms with van der Waals surface area (Å²) < 4.78 is 7.99. The second kappa shape index (κ2) is 9.77. The van der Waals surface area contributed by atoms with E-state index in [0.29, 0.717) is 22.2 Å². The maximum atomic E-state index is 12.4. The molecular formula is C25H25ClN4O2. The average Bonchev–Trinajstić information content (AvgIpc) is 3.17. The Balaban J connectivity index is 1.36. The van der Waals surface area contributed by atoms with Crippen molar-refractivity contribution >= 4 is 39.9 Å². The van der Waals surface area contributed by atoms with E-state index < -0.39 is 0 Å². The minimum absolute atomic E-state index is 0.309. The molecule has 0 aliphatic heterocycles. The number of ether oxygens (including phenoxy) is 1. The van der Waals surface area contributed by atoms with Crippen molar-refractivity contribution in [2.24, 2.45) is 0 Å². The predicted octanol–water partition coefficient (Wildman–Crippen LogP) is 6.29. The van der Waals surface area contributed by atoms with Gasteiger partial charge in [0.15, 0.2) is 0 Å². The fraction of sp³-hybridized carbons (Fsp3) is 0.160. The van der Waals surface area contributed by atoms with E-state index in [1.54, 1.807) is 36.4 Å². The van der Waals surface area contributed by atoms with Crippen LogP contribution in [0.15, 0.2) is 79.0 Å². The van der Waals surface area contributed by atoms with Crippen LogP contribution in [-0.2, 0) is 6.54 Å². The zero-order valence-corrected chi connectivity index (χ0v) is 18.8. The number of carbonyl (C=O) groups is 1. The number of nitrogens with one attached hydrogen (secondary N) is 2. The maximum Gasteiger partial charge on any atom is 0.323 e. The van der Waals surface area contributed by atoms with Gasteiger partial charge in [0.05, 0.1) is 5.02 Å². The fourth-order valence-electron chi connectivity index (χ4n) is 3.33. The lowest BCUT2D eigenvalue weighted by atomic mass is 10.2. The van der Waals surface area contributed by atoms with E-state index in [4.69, 9.17) is 16.3 Å². The topological polar surface area (TPSA) is 58.5 Å². The van der Waals surface area contributed by atoms with E-state index in [9.17, 15) is 4.79 Å². The largest absolute Gasteiger partial charge is 0.456 e. The number of likely N-dealkylation sites (N-methyl/N-ethyl adjacent to an activating group) is 1. The van der Waals surface area contributed by atoms with Crippen LogP contribution >= 0.6 is 11.6 Å². The minimum Gasteiger partial charge on any atom is -0.456 e. The third kappa shape index (κ3) is 5.41. The summed E-state index contributed by atoms with van der Waals surface area (Å²) >= 11 is 6.12. The monoisotopic (exact) mass is 448 g/mol. The molecular weight excluding hydrogens is 424 g/mol. The number of benzene rings is 3. The van der Waals surface area contributed by atoms with Gasteiger partial charge in [-0.25, -0.2) is 4.79 Å². The molecule has 0 bridgehead atoms. The van der Waals surface area contributed by atoms with Crippen LogP contribution in [0.5, 0.6) is 11.5 Å². The second-order valence-electron chi connectivity index (χ2n) is 7.72. The smallest absolute Gasteiger partial charge is 0.323 e. The Morgan fingerprint density at radius 2 is 1.69 bits per heavy atom. The number of aromatic nitrogens is 1. The van der Waals surface area contributed by atoms with Crippen molar-refractivity contribution in [1.29, 1.82) is 0 Å². The molecule has 3 aromatic carbocycles. The Hall–Kier alpha value is -3.48. The summed E-state index contributed by atoms with van der Waals surface area (Å²) in [4.78, 5) is 14.6. The van der Waals surface area contributed by atoms with Gasteiger partial charge < -0.3 is 24.8 Å². The van der Waals surface area contributed by atoms with E-state index in [2.05, 4.69) is 46.5 Å². The summed E-state index contributed by atoms with van der Waals surface area (Å²) in [6.45, 7) is 1.88. The zero-order valence-electron chi connectivity index (χ0n) is 18.0. The van der Waals surface area contributed by atoms with Gasteiger partial charge in [0, 0.05) is 41.6 Å². The normalized spacial score (nSPS) is 11.0. The van der Waals surface area contributed by atoms with Crippen molar-refractivity contribution in [2.75, 3.05) is 31.3 Å². The van der Waals surface area contributed by atoms with Crippen LogP contribution in [0.3, 0.4) is 0 Å². The van der Waals surface area contributed by atoms with Crippen molar-refractivity contribution in [3.8, 4) is 11.5 Å². The molecule has 0 saturated heterocycles. The van der Waals surface area contributed by atoms with Gasteiger partial charge in [0.25, 0.3) is 0 Å². The molecule has 0 radical (unpaired) electrons. The predicted molar refractivity (Wildman–Crippen MR) is 131 cm³/mol. The summed E-state index contributed by atoms with van der Waals surface area (Å²) in [6.07, 6.45) is 2.07. The van der Waals surface area contributed by atoms with Crippen molar-refractivity contribution in [3.63, 3.8) is 0 Å². The Morgan fingerprint density at radius 3 is 2.44 bits per heavy atom. The number of hydrogen-bond donors (Lipinski definition) is 2. The number of carbonyl (C=O) groups excluding carboxylic acids is 1. The van der Waals surface area contributed by atoms with Crippen LogP contribution in [-0.4, -0.2) is 36.1 Å². The highest BCUT2D eigenvalue weighted by Gasteiger charge is 2.07. The summed E-state index contributed by atoms with van der Waals surface area (Å²) in [5, 5.41) is 7.35. The average molecular weight is 449 g/mol. The van der Waals surface area contributed by atoms with Gasteiger partial charge >= 0.3 is 6.03 Å². The molecule has 32 heavy (non-hydrogen) atoms. The second-order valence-corrected chi connectivity index (χ2v) is 8.13. The lowest BCUT2D eigenvalue weighted by molar-refractivity contribution is 0.262. The molecule has 1 heterocycles. The molecule has 6 nitrogen and oxygen atoms in total. The number of nitrogens with zero attached hydrogens (tertiary/aromatic N) is 2. The fourth-order valence-corrected chi connectivity index (χ4v) is 3.51. The Kier molecular flexibility index (Phi) is 6.63. The molecule has 4 rings (SSSR count). The van der Waals surface area contributed by atoms with Gasteiger partial charge in [-0.1, -0.05) is 23.7 Å². The molecule has 0 saturated carbocycles. The molecule has 1 aromatic heterocycles. The lowest BCUT2D eigenvalue weighted by Gasteiger charge is -2.12. The molecule has 2 N–H and O–H groups in total. The molecule has 0 unspecified atom stereocenters. The molecule has 0 atom stereocenters. The molecule has 0 fully saturated rings. The molecule has 0 aliphatic carbocycles.